The maximum atomic E-state index is 13.1. The predicted octanol–water partition coefficient (Wildman–Crippen LogP) is 2.76. The van der Waals surface area contributed by atoms with Crippen LogP contribution in [0.5, 0.6) is 0 Å². The van der Waals surface area contributed by atoms with Crippen LogP contribution in [-0.4, -0.2) is 43.3 Å². The standard InChI is InChI=1S/C16H23N3O4S/c1-13-6-2-3-11-18(13)15-8-7-14(19(20)21)12-16(15)24(22,23)17-9-4-5-10-17/h7-8,12-13H,2-6,9-11H2,1H3. The van der Waals surface area contributed by atoms with Gasteiger partial charge in [0.05, 0.1) is 10.6 Å². The zero-order valence-electron chi connectivity index (χ0n) is 13.8. The molecule has 0 aromatic heterocycles. The van der Waals surface area contributed by atoms with Crippen molar-refractivity contribution in [2.24, 2.45) is 0 Å². The van der Waals surface area contributed by atoms with E-state index in [0.29, 0.717) is 18.8 Å². The normalized spacial score (nSPS) is 22.7. The van der Waals surface area contributed by atoms with Gasteiger partial charge in [-0.25, -0.2) is 8.42 Å². The van der Waals surface area contributed by atoms with Crippen molar-refractivity contribution >= 4 is 21.4 Å². The van der Waals surface area contributed by atoms with Crippen LogP contribution in [0.3, 0.4) is 0 Å². The minimum absolute atomic E-state index is 0.0763. The monoisotopic (exact) mass is 353 g/mol. The lowest BCUT2D eigenvalue weighted by molar-refractivity contribution is -0.385. The van der Waals surface area contributed by atoms with Gasteiger partial charge in [-0.3, -0.25) is 10.1 Å². The molecule has 1 unspecified atom stereocenters. The van der Waals surface area contributed by atoms with Crippen LogP contribution in [0.15, 0.2) is 23.1 Å². The van der Waals surface area contributed by atoms with Crippen LogP contribution >= 0.6 is 0 Å². The van der Waals surface area contributed by atoms with Crippen molar-refractivity contribution in [3.8, 4) is 0 Å². The summed E-state index contributed by atoms with van der Waals surface area (Å²) in [6.07, 6.45) is 4.80. The molecule has 0 radical (unpaired) electrons. The third-order valence-electron chi connectivity index (χ3n) is 4.95. The van der Waals surface area contributed by atoms with Gasteiger partial charge >= 0.3 is 0 Å². The zero-order chi connectivity index (χ0) is 17.3. The summed E-state index contributed by atoms with van der Waals surface area (Å²) >= 11 is 0. The highest BCUT2D eigenvalue weighted by molar-refractivity contribution is 7.89. The molecule has 2 aliphatic heterocycles. The molecular formula is C16H23N3O4S. The van der Waals surface area contributed by atoms with Gasteiger partial charge in [-0.05, 0) is 45.1 Å². The van der Waals surface area contributed by atoms with Gasteiger partial charge in [0, 0.05) is 37.8 Å². The van der Waals surface area contributed by atoms with Crippen LogP contribution in [0.1, 0.15) is 39.0 Å². The van der Waals surface area contributed by atoms with Crippen LogP contribution in [0.25, 0.3) is 0 Å². The predicted molar refractivity (Wildman–Crippen MR) is 91.7 cm³/mol. The van der Waals surface area contributed by atoms with Crippen molar-refractivity contribution in [3.05, 3.63) is 28.3 Å². The molecule has 0 amide bonds. The Kier molecular flexibility index (Phi) is 4.78. The summed E-state index contributed by atoms with van der Waals surface area (Å²) in [5.41, 5.74) is 0.417. The van der Waals surface area contributed by atoms with Gasteiger partial charge in [-0.2, -0.15) is 4.31 Å². The summed E-state index contributed by atoms with van der Waals surface area (Å²) in [7, 11) is -3.71. The van der Waals surface area contributed by atoms with Gasteiger partial charge in [0.1, 0.15) is 4.90 Å². The molecule has 8 heteroatoms. The van der Waals surface area contributed by atoms with Gasteiger partial charge < -0.3 is 4.90 Å². The van der Waals surface area contributed by atoms with E-state index in [1.165, 1.54) is 16.4 Å². The number of nitrogens with zero attached hydrogens (tertiary/aromatic N) is 3. The Hall–Kier alpha value is -1.67. The first kappa shape index (κ1) is 17.2. The van der Waals surface area contributed by atoms with Crippen molar-refractivity contribution in [1.29, 1.82) is 0 Å². The van der Waals surface area contributed by atoms with E-state index >= 15 is 0 Å². The van der Waals surface area contributed by atoms with E-state index in [1.807, 2.05) is 0 Å². The average molecular weight is 353 g/mol. The number of sulfonamides is 1. The van der Waals surface area contributed by atoms with Crippen LogP contribution in [0.4, 0.5) is 11.4 Å². The molecule has 1 aromatic carbocycles. The van der Waals surface area contributed by atoms with Crippen molar-refractivity contribution in [1.82, 2.24) is 4.31 Å². The highest BCUT2D eigenvalue weighted by Gasteiger charge is 2.33. The molecule has 0 bridgehead atoms. The molecule has 7 nitrogen and oxygen atoms in total. The van der Waals surface area contributed by atoms with Crippen LogP contribution in [0.2, 0.25) is 0 Å². The van der Waals surface area contributed by atoms with Crippen molar-refractivity contribution in [3.63, 3.8) is 0 Å². The molecule has 2 heterocycles. The maximum absolute atomic E-state index is 13.1. The first-order valence-electron chi connectivity index (χ1n) is 8.46. The minimum atomic E-state index is -3.71. The second-order valence-electron chi connectivity index (χ2n) is 6.56. The number of anilines is 1. The number of hydrogen-bond donors (Lipinski definition) is 0. The summed E-state index contributed by atoms with van der Waals surface area (Å²) in [6, 6.07) is 4.46. The van der Waals surface area contributed by atoms with E-state index in [1.54, 1.807) is 6.07 Å². The maximum Gasteiger partial charge on any atom is 0.270 e. The van der Waals surface area contributed by atoms with Crippen LogP contribution in [0, 0.1) is 10.1 Å². The Morgan fingerprint density at radius 1 is 1.12 bits per heavy atom. The lowest BCUT2D eigenvalue weighted by atomic mass is 10.0. The lowest BCUT2D eigenvalue weighted by Gasteiger charge is -2.36. The van der Waals surface area contributed by atoms with Gasteiger partial charge in [0.2, 0.25) is 10.0 Å². The highest BCUT2D eigenvalue weighted by Crippen LogP contribution is 2.35. The SMILES string of the molecule is CC1CCCCN1c1ccc([N+](=O)[O-])cc1S(=O)(=O)N1CCCC1. The van der Waals surface area contributed by atoms with Gasteiger partial charge in [-0.1, -0.05) is 0 Å². The molecule has 0 spiro atoms. The number of piperidine rings is 1. The molecule has 0 N–H and O–H groups in total. The first-order chi connectivity index (χ1) is 11.4. The van der Waals surface area contributed by atoms with Gasteiger partial charge in [0.25, 0.3) is 5.69 Å². The molecule has 0 saturated carbocycles. The molecule has 0 aliphatic carbocycles. The minimum Gasteiger partial charge on any atom is -0.368 e. The van der Waals surface area contributed by atoms with Crippen molar-refractivity contribution in [2.75, 3.05) is 24.5 Å². The quantitative estimate of drug-likeness (QED) is 0.614. The number of nitro groups is 1. The Balaban J connectivity index is 2.09. The zero-order valence-corrected chi connectivity index (χ0v) is 14.7. The summed E-state index contributed by atoms with van der Waals surface area (Å²) < 4.78 is 27.6. The molecule has 2 fully saturated rings. The second kappa shape index (κ2) is 6.68. The number of rotatable bonds is 4. The molecule has 1 atom stereocenters. The Bertz CT molecular complexity index is 729. The number of non-ortho nitro benzene ring substituents is 1. The Morgan fingerprint density at radius 3 is 2.42 bits per heavy atom. The van der Waals surface area contributed by atoms with Crippen molar-refractivity contribution in [2.45, 2.75) is 50.0 Å². The van der Waals surface area contributed by atoms with E-state index in [4.69, 9.17) is 0 Å². The van der Waals surface area contributed by atoms with E-state index in [9.17, 15) is 18.5 Å². The summed E-state index contributed by atoms with van der Waals surface area (Å²) in [6.45, 7) is 3.83. The lowest BCUT2D eigenvalue weighted by Crippen LogP contribution is -2.39. The van der Waals surface area contributed by atoms with E-state index in [2.05, 4.69) is 11.8 Å². The van der Waals surface area contributed by atoms with Gasteiger partial charge in [-0.15, -0.1) is 0 Å². The highest BCUT2D eigenvalue weighted by atomic mass is 32.2. The molecule has 24 heavy (non-hydrogen) atoms. The fourth-order valence-corrected chi connectivity index (χ4v) is 5.32. The van der Waals surface area contributed by atoms with E-state index < -0.39 is 14.9 Å². The fourth-order valence-electron chi connectivity index (χ4n) is 3.58. The number of nitro benzene ring substituents is 1. The number of hydrogen-bond acceptors (Lipinski definition) is 5. The van der Waals surface area contributed by atoms with Gasteiger partial charge in [0.15, 0.2) is 0 Å². The average Bonchev–Trinajstić information content (AvgIpc) is 3.10. The smallest absolute Gasteiger partial charge is 0.270 e. The van der Waals surface area contributed by atoms with Crippen LogP contribution < -0.4 is 4.90 Å². The van der Waals surface area contributed by atoms with E-state index in [-0.39, 0.29) is 16.6 Å². The third kappa shape index (κ3) is 3.12. The second-order valence-corrected chi connectivity index (χ2v) is 8.46. The molecule has 1 aromatic rings. The third-order valence-corrected chi connectivity index (χ3v) is 6.88. The summed E-state index contributed by atoms with van der Waals surface area (Å²) in [5, 5.41) is 11.1. The summed E-state index contributed by atoms with van der Waals surface area (Å²) in [4.78, 5) is 12.8. The number of benzene rings is 1. The summed E-state index contributed by atoms with van der Waals surface area (Å²) in [5.74, 6) is 0. The topological polar surface area (TPSA) is 83.8 Å². The molecule has 3 rings (SSSR count). The molecule has 2 aliphatic rings. The van der Waals surface area contributed by atoms with Crippen LogP contribution in [-0.2, 0) is 10.0 Å². The molecular weight excluding hydrogens is 330 g/mol. The fraction of sp³-hybridized carbons (Fsp3) is 0.625. The molecule has 2 saturated heterocycles. The van der Waals surface area contributed by atoms with E-state index in [0.717, 1.165) is 38.6 Å². The Labute approximate surface area is 142 Å². The molecule has 132 valence electrons. The Morgan fingerprint density at radius 2 is 1.79 bits per heavy atom. The first-order valence-corrected chi connectivity index (χ1v) is 9.90. The van der Waals surface area contributed by atoms with Crippen molar-refractivity contribution < 1.29 is 13.3 Å². The largest absolute Gasteiger partial charge is 0.368 e.